The average Bonchev–Trinajstić information content (AvgIpc) is 2.95. The minimum atomic E-state index is -0.108. The van der Waals surface area contributed by atoms with Crippen LogP contribution in [0.25, 0.3) is 0 Å². The Labute approximate surface area is 129 Å². The summed E-state index contributed by atoms with van der Waals surface area (Å²) in [5, 5.41) is 0. The smallest absolute Gasteiger partial charge is 0.214 e. The third-order valence-electron chi connectivity index (χ3n) is 4.88. The lowest BCUT2D eigenvalue weighted by molar-refractivity contribution is 0.0972. The van der Waals surface area contributed by atoms with Gasteiger partial charge in [0.15, 0.2) is 0 Å². The molecule has 0 aliphatic heterocycles. The lowest BCUT2D eigenvalue weighted by atomic mass is 9.77. The molecule has 4 rings (SSSR count). The van der Waals surface area contributed by atoms with Gasteiger partial charge in [0.25, 0.3) is 0 Å². The highest BCUT2D eigenvalue weighted by Crippen LogP contribution is 2.38. The van der Waals surface area contributed by atoms with Gasteiger partial charge in [0, 0.05) is 11.1 Å². The molecule has 4 heteroatoms. The van der Waals surface area contributed by atoms with E-state index < -0.39 is 0 Å². The van der Waals surface area contributed by atoms with Crippen LogP contribution in [0.4, 0.5) is 0 Å². The van der Waals surface area contributed by atoms with Crippen molar-refractivity contribution in [1.82, 2.24) is 9.97 Å². The number of rotatable bonds is 1. The van der Waals surface area contributed by atoms with Crippen molar-refractivity contribution >= 4 is 11.6 Å². The fourth-order valence-electron chi connectivity index (χ4n) is 3.84. The van der Waals surface area contributed by atoms with Crippen molar-refractivity contribution in [2.45, 2.75) is 44.9 Å². The molecule has 1 saturated carbocycles. The van der Waals surface area contributed by atoms with Crippen LogP contribution in [0.2, 0.25) is 0 Å². The van der Waals surface area contributed by atoms with Crippen LogP contribution in [0.1, 0.15) is 81.5 Å². The van der Waals surface area contributed by atoms with E-state index in [-0.39, 0.29) is 11.6 Å². The van der Waals surface area contributed by atoms with Gasteiger partial charge in [-0.25, -0.2) is 4.98 Å². The summed E-state index contributed by atoms with van der Waals surface area (Å²) in [6, 6.07) is 5.69. The molecule has 1 aromatic heterocycles. The maximum Gasteiger partial charge on any atom is 0.214 e. The van der Waals surface area contributed by atoms with Crippen LogP contribution in [0.15, 0.2) is 18.2 Å². The van der Waals surface area contributed by atoms with Gasteiger partial charge in [-0.15, -0.1) is 0 Å². The van der Waals surface area contributed by atoms with Crippen LogP contribution in [0, 0.1) is 6.92 Å². The summed E-state index contributed by atoms with van der Waals surface area (Å²) in [6.07, 6.45) is 5.86. The van der Waals surface area contributed by atoms with Crippen LogP contribution in [-0.4, -0.2) is 21.5 Å². The van der Waals surface area contributed by atoms with Gasteiger partial charge in [-0.3, -0.25) is 9.59 Å². The summed E-state index contributed by atoms with van der Waals surface area (Å²) in [4.78, 5) is 32.8. The Morgan fingerprint density at radius 1 is 1.09 bits per heavy atom. The van der Waals surface area contributed by atoms with E-state index >= 15 is 0 Å². The Morgan fingerprint density at radius 3 is 2.64 bits per heavy atom. The molecule has 4 nitrogen and oxygen atoms in total. The van der Waals surface area contributed by atoms with E-state index in [4.69, 9.17) is 0 Å². The monoisotopic (exact) mass is 294 g/mol. The predicted molar refractivity (Wildman–Crippen MR) is 82.5 cm³/mol. The number of H-pyrrole nitrogens is 1. The molecule has 0 saturated heterocycles. The Hall–Kier alpha value is -2.23. The van der Waals surface area contributed by atoms with Crippen molar-refractivity contribution in [3.63, 3.8) is 0 Å². The Balaban J connectivity index is 1.89. The van der Waals surface area contributed by atoms with E-state index in [0.29, 0.717) is 34.3 Å². The van der Waals surface area contributed by atoms with Gasteiger partial charge in [0.2, 0.25) is 11.6 Å². The van der Waals surface area contributed by atoms with Gasteiger partial charge >= 0.3 is 0 Å². The number of hydrogen-bond donors (Lipinski definition) is 1. The Morgan fingerprint density at radius 2 is 1.86 bits per heavy atom. The van der Waals surface area contributed by atoms with E-state index in [1.165, 1.54) is 19.3 Å². The molecule has 0 unspecified atom stereocenters. The normalized spacial score (nSPS) is 18.2. The largest absolute Gasteiger partial charge is 0.339 e. The van der Waals surface area contributed by atoms with Crippen molar-refractivity contribution in [2.24, 2.45) is 0 Å². The Bertz CT molecular complexity index is 782. The predicted octanol–water partition coefficient (Wildman–Crippen LogP) is 3.54. The second-order valence-electron chi connectivity index (χ2n) is 6.31. The summed E-state index contributed by atoms with van der Waals surface area (Å²) in [5.74, 6) is 0.791. The number of fused-ring (bicyclic) bond motifs is 2. The summed E-state index contributed by atoms with van der Waals surface area (Å²) < 4.78 is 0. The Kier molecular flexibility index (Phi) is 2.99. The van der Waals surface area contributed by atoms with Crippen LogP contribution in [0.5, 0.6) is 0 Å². The fraction of sp³-hybridized carbons (Fsp3) is 0.389. The minimum absolute atomic E-state index is 0.102. The molecule has 0 spiro atoms. The zero-order valence-corrected chi connectivity index (χ0v) is 12.6. The molecule has 2 aliphatic rings. The number of carbonyl (C=O) groups excluding carboxylic acids is 2. The van der Waals surface area contributed by atoms with Crippen molar-refractivity contribution in [1.29, 1.82) is 0 Å². The van der Waals surface area contributed by atoms with Gasteiger partial charge in [-0.05, 0) is 31.2 Å². The first-order chi connectivity index (χ1) is 10.7. The van der Waals surface area contributed by atoms with Gasteiger partial charge < -0.3 is 4.98 Å². The summed E-state index contributed by atoms with van der Waals surface area (Å²) >= 11 is 0. The molecule has 1 fully saturated rings. The molecule has 2 aliphatic carbocycles. The maximum absolute atomic E-state index is 12.9. The lowest BCUT2D eigenvalue weighted by Gasteiger charge is -2.26. The van der Waals surface area contributed by atoms with Crippen molar-refractivity contribution in [2.75, 3.05) is 0 Å². The fourth-order valence-corrected chi connectivity index (χ4v) is 3.84. The zero-order chi connectivity index (χ0) is 15.3. The van der Waals surface area contributed by atoms with Crippen LogP contribution >= 0.6 is 0 Å². The molecule has 0 atom stereocenters. The van der Waals surface area contributed by atoms with E-state index in [1.807, 2.05) is 12.1 Å². The molecule has 112 valence electrons. The number of aromatic nitrogens is 2. The van der Waals surface area contributed by atoms with E-state index in [2.05, 4.69) is 9.97 Å². The number of aromatic amines is 1. The number of hydrogen-bond acceptors (Lipinski definition) is 3. The number of benzene rings is 1. The maximum atomic E-state index is 12.9. The highest BCUT2D eigenvalue weighted by molar-refractivity contribution is 6.27. The quantitative estimate of drug-likeness (QED) is 0.746. The van der Waals surface area contributed by atoms with Gasteiger partial charge in [0.05, 0.1) is 0 Å². The first-order valence-corrected chi connectivity index (χ1v) is 7.95. The van der Waals surface area contributed by atoms with Crippen LogP contribution in [-0.2, 0) is 0 Å². The number of ketones is 2. The molecule has 1 aromatic carbocycles. The molecule has 1 heterocycles. The zero-order valence-electron chi connectivity index (χ0n) is 12.6. The standard InChI is InChI=1S/C18H18N2O2/c1-10-19-15-16(20-10)18(22)14-12(11-6-3-2-4-7-11)8-5-9-13(14)17(15)21/h5,8-9,11H,2-4,6-7H2,1H3,(H,19,20). The molecule has 0 bridgehead atoms. The topological polar surface area (TPSA) is 62.8 Å². The van der Waals surface area contributed by atoms with E-state index in [9.17, 15) is 9.59 Å². The second kappa shape index (κ2) is 4.90. The van der Waals surface area contributed by atoms with Crippen molar-refractivity contribution in [3.05, 3.63) is 52.1 Å². The molecule has 0 amide bonds. The third-order valence-corrected chi connectivity index (χ3v) is 4.88. The third kappa shape index (κ3) is 1.86. The number of nitrogens with one attached hydrogen (secondary N) is 1. The number of carbonyl (C=O) groups is 2. The molecule has 1 N–H and O–H groups in total. The average molecular weight is 294 g/mol. The lowest BCUT2D eigenvalue weighted by Crippen LogP contribution is -2.24. The molecule has 22 heavy (non-hydrogen) atoms. The first-order valence-electron chi connectivity index (χ1n) is 7.95. The van der Waals surface area contributed by atoms with E-state index in [0.717, 1.165) is 18.4 Å². The molecular formula is C18H18N2O2. The van der Waals surface area contributed by atoms with Gasteiger partial charge in [-0.2, -0.15) is 0 Å². The van der Waals surface area contributed by atoms with Crippen LogP contribution in [0.3, 0.4) is 0 Å². The number of imidazole rings is 1. The molecule has 0 radical (unpaired) electrons. The van der Waals surface area contributed by atoms with E-state index in [1.54, 1.807) is 13.0 Å². The summed E-state index contributed by atoms with van der Waals surface area (Å²) in [6.45, 7) is 1.77. The minimum Gasteiger partial charge on any atom is -0.339 e. The summed E-state index contributed by atoms with van der Waals surface area (Å²) in [5.41, 5.74) is 2.80. The second-order valence-corrected chi connectivity index (χ2v) is 6.31. The first kappa shape index (κ1) is 13.4. The highest BCUT2D eigenvalue weighted by Gasteiger charge is 2.35. The highest BCUT2D eigenvalue weighted by atomic mass is 16.1. The number of nitrogens with zero attached hydrogens (tertiary/aromatic N) is 1. The number of aryl methyl sites for hydroxylation is 1. The molecular weight excluding hydrogens is 276 g/mol. The van der Waals surface area contributed by atoms with Crippen LogP contribution < -0.4 is 0 Å². The van der Waals surface area contributed by atoms with Crippen molar-refractivity contribution < 1.29 is 9.59 Å². The van der Waals surface area contributed by atoms with Gasteiger partial charge in [0.1, 0.15) is 17.2 Å². The SMILES string of the molecule is Cc1nc2c([nH]1)C(=O)c1cccc(C3CCCCC3)c1C2=O. The molecule has 2 aromatic rings. The summed E-state index contributed by atoms with van der Waals surface area (Å²) in [7, 11) is 0. The van der Waals surface area contributed by atoms with Crippen molar-refractivity contribution in [3.8, 4) is 0 Å². The van der Waals surface area contributed by atoms with Gasteiger partial charge in [-0.1, -0.05) is 37.5 Å².